The maximum Gasteiger partial charge on any atom is 0.253 e. The van der Waals surface area contributed by atoms with Gasteiger partial charge in [0.15, 0.2) is 0 Å². The molecule has 1 aliphatic rings. The Labute approximate surface area is 136 Å². The van der Waals surface area contributed by atoms with Gasteiger partial charge in [-0.2, -0.15) is 0 Å². The van der Waals surface area contributed by atoms with Crippen molar-refractivity contribution in [3.63, 3.8) is 0 Å². The molecule has 2 amide bonds. The molecule has 5 nitrogen and oxygen atoms in total. The van der Waals surface area contributed by atoms with Crippen LogP contribution in [0.1, 0.15) is 23.7 Å². The largest absolute Gasteiger partial charge is 0.341 e. The van der Waals surface area contributed by atoms with Gasteiger partial charge in [-0.3, -0.25) is 9.59 Å². The van der Waals surface area contributed by atoms with Crippen molar-refractivity contribution in [3.05, 3.63) is 35.6 Å². The summed E-state index contributed by atoms with van der Waals surface area (Å²) in [6.45, 7) is 4.88. The van der Waals surface area contributed by atoms with Crippen LogP contribution in [-0.4, -0.2) is 61.4 Å². The summed E-state index contributed by atoms with van der Waals surface area (Å²) in [5, 5.41) is 3.01. The maximum absolute atomic E-state index is 13.0. The van der Waals surface area contributed by atoms with Gasteiger partial charge in [-0.1, -0.05) is 6.92 Å². The molecule has 0 radical (unpaired) electrons. The normalized spacial score (nSPS) is 16.8. The standard InChI is InChI=1S/C17H24FN3O2/c1-13(12-19-2)16(22)20-8-3-9-21(11-10-20)17(23)14-4-6-15(18)7-5-14/h4-7,13,19H,3,8-12H2,1-2H3. The number of nitrogens with zero attached hydrogens (tertiary/aromatic N) is 2. The van der Waals surface area contributed by atoms with Crippen LogP contribution in [0.5, 0.6) is 0 Å². The van der Waals surface area contributed by atoms with Crippen LogP contribution in [0.2, 0.25) is 0 Å². The zero-order chi connectivity index (χ0) is 16.8. The quantitative estimate of drug-likeness (QED) is 0.911. The van der Waals surface area contributed by atoms with Crippen LogP contribution in [0, 0.1) is 11.7 Å². The summed E-state index contributed by atoms with van der Waals surface area (Å²) in [5.74, 6) is -0.412. The lowest BCUT2D eigenvalue weighted by Crippen LogP contribution is -2.41. The first-order chi connectivity index (χ1) is 11.0. The number of hydrogen-bond donors (Lipinski definition) is 1. The summed E-state index contributed by atoms with van der Waals surface area (Å²) in [4.78, 5) is 28.4. The van der Waals surface area contributed by atoms with Gasteiger partial charge in [0.1, 0.15) is 5.82 Å². The van der Waals surface area contributed by atoms with E-state index >= 15 is 0 Å². The molecule has 1 N–H and O–H groups in total. The van der Waals surface area contributed by atoms with Crippen LogP contribution in [0.3, 0.4) is 0 Å². The Morgan fingerprint density at radius 1 is 1.13 bits per heavy atom. The Balaban J connectivity index is 1.96. The fourth-order valence-corrected chi connectivity index (χ4v) is 2.82. The van der Waals surface area contributed by atoms with Gasteiger partial charge >= 0.3 is 0 Å². The van der Waals surface area contributed by atoms with Gasteiger partial charge in [-0.15, -0.1) is 0 Å². The van der Waals surface area contributed by atoms with Crippen LogP contribution >= 0.6 is 0 Å². The Bertz CT molecular complexity index is 547. The smallest absolute Gasteiger partial charge is 0.253 e. The first-order valence-corrected chi connectivity index (χ1v) is 8.01. The summed E-state index contributed by atoms with van der Waals surface area (Å²) in [6, 6.07) is 5.58. The molecule has 6 heteroatoms. The van der Waals surface area contributed by atoms with Gasteiger partial charge in [-0.05, 0) is 37.7 Å². The highest BCUT2D eigenvalue weighted by Crippen LogP contribution is 2.12. The molecule has 0 spiro atoms. The molecule has 1 saturated heterocycles. The lowest BCUT2D eigenvalue weighted by Gasteiger charge is -2.24. The third kappa shape index (κ3) is 4.51. The van der Waals surface area contributed by atoms with E-state index in [9.17, 15) is 14.0 Å². The fraction of sp³-hybridized carbons (Fsp3) is 0.529. The van der Waals surface area contributed by atoms with Crippen LogP contribution in [0.25, 0.3) is 0 Å². The second-order valence-corrected chi connectivity index (χ2v) is 5.94. The van der Waals surface area contributed by atoms with Gasteiger partial charge in [0, 0.05) is 44.2 Å². The second-order valence-electron chi connectivity index (χ2n) is 5.94. The molecule has 23 heavy (non-hydrogen) atoms. The topological polar surface area (TPSA) is 52.7 Å². The molecule has 1 heterocycles. The van der Waals surface area contributed by atoms with Gasteiger partial charge in [0.2, 0.25) is 5.91 Å². The monoisotopic (exact) mass is 321 g/mol. The predicted octanol–water partition coefficient (Wildman–Crippen LogP) is 1.36. The number of benzene rings is 1. The van der Waals surface area contributed by atoms with Crippen LogP contribution in [0.4, 0.5) is 4.39 Å². The zero-order valence-electron chi connectivity index (χ0n) is 13.7. The van der Waals surface area contributed by atoms with E-state index in [0.29, 0.717) is 38.3 Å². The highest BCUT2D eigenvalue weighted by Gasteiger charge is 2.25. The second kappa shape index (κ2) is 8.06. The first kappa shape index (κ1) is 17.4. The molecule has 0 aromatic heterocycles. The molecule has 1 aliphatic heterocycles. The third-order valence-corrected chi connectivity index (χ3v) is 4.12. The van der Waals surface area contributed by atoms with Gasteiger partial charge in [-0.25, -0.2) is 4.39 Å². The summed E-state index contributed by atoms with van der Waals surface area (Å²) in [7, 11) is 1.83. The number of rotatable bonds is 4. The minimum Gasteiger partial charge on any atom is -0.341 e. The molecule has 0 aliphatic carbocycles. The van der Waals surface area contributed by atoms with Crippen molar-refractivity contribution >= 4 is 11.8 Å². The van der Waals surface area contributed by atoms with Crippen molar-refractivity contribution in [2.45, 2.75) is 13.3 Å². The SMILES string of the molecule is CNCC(C)C(=O)N1CCCN(C(=O)c2ccc(F)cc2)CC1. The molecule has 1 aromatic carbocycles. The van der Waals surface area contributed by atoms with Crippen molar-refractivity contribution in [2.75, 3.05) is 39.8 Å². The average molecular weight is 321 g/mol. The zero-order valence-corrected chi connectivity index (χ0v) is 13.7. The number of amides is 2. The Hall–Kier alpha value is -1.95. The lowest BCUT2D eigenvalue weighted by molar-refractivity contribution is -0.134. The van der Waals surface area contributed by atoms with Crippen LogP contribution in [-0.2, 0) is 4.79 Å². The van der Waals surface area contributed by atoms with E-state index in [0.717, 1.165) is 6.42 Å². The van der Waals surface area contributed by atoms with Gasteiger partial charge < -0.3 is 15.1 Å². The molecule has 0 bridgehead atoms. The van der Waals surface area contributed by atoms with Crippen molar-refractivity contribution in [1.82, 2.24) is 15.1 Å². The molecule has 0 saturated carbocycles. The van der Waals surface area contributed by atoms with Crippen molar-refractivity contribution < 1.29 is 14.0 Å². The molecule has 1 unspecified atom stereocenters. The minimum atomic E-state index is -0.354. The lowest BCUT2D eigenvalue weighted by atomic mass is 10.1. The van der Waals surface area contributed by atoms with Gasteiger partial charge in [0.05, 0.1) is 0 Å². The highest BCUT2D eigenvalue weighted by molar-refractivity contribution is 5.94. The summed E-state index contributed by atoms with van der Waals surface area (Å²) in [5.41, 5.74) is 0.481. The number of carbonyl (C=O) groups excluding carboxylic acids is 2. The Morgan fingerprint density at radius 2 is 1.74 bits per heavy atom. The van der Waals surface area contributed by atoms with Crippen LogP contribution in [0.15, 0.2) is 24.3 Å². The number of hydrogen-bond acceptors (Lipinski definition) is 3. The van der Waals surface area contributed by atoms with E-state index < -0.39 is 0 Å². The molecular weight excluding hydrogens is 297 g/mol. The number of nitrogens with one attached hydrogen (secondary N) is 1. The highest BCUT2D eigenvalue weighted by atomic mass is 19.1. The maximum atomic E-state index is 13.0. The Kier molecular flexibility index (Phi) is 6.10. The predicted molar refractivity (Wildman–Crippen MR) is 86.6 cm³/mol. The summed E-state index contributed by atoms with van der Waals surface area (Å²) >= 11 is 0. The van der Waals surface area contributed by atoms with E-state index in [1.54, 1.807) is 4.90 Å². The fourth-order valence-electron chi connectivity index (χ4n) is 2.82. The molecular formula is C17H24FN3O2. The first-order valence-electron chi connectivity index (χ1n) is 8.01. The molecule has 1 aromatic rings. The van der Waals surface area contributed by atoms with E-state index in [1.807, 2.05) is 18.9 Å². The van der Waals surface area contributed by atoms with Gasteiger partial charge in [0.25, 0.3) is 5.91 Å². The third-order valence-electron chi connectivity index (χ3n) is 4.12. The molecule has 1 atom stereocenters. The van der Waals surface area contributed by atoms with E-state index in [4.69, 9.17) is 0 Å². The molecule has 1 fully saturated rings. The van der Waals surface area contributed by atoms with Crippen molar-refractivity contribution in [1.29, 1.82) is 0 Å². The van der Waals surface area contributed by atoms with Crippen molar-refractivity contribution in [2.24, 2.45) is 5.92 Å². The summed E-state index contributed by atoms with van der Waals surface area (Å²) < 4.78 is 13.0. The van der Waals surface area contributed by atoms with E-state index in [-0.39, 0.29) is 23.5 Å². The number of carbonyl (C=O) groups is 2. The van der Waals surface area contributed by atoms with Crippen molar-refractivity contribution in [3.8, 4) is 0 Å². The number of halogens is 1. The van der Waals surface area contributed by atoms with E-state index in [2.05, 4.69) is 5.32 Å². The van der Waals surface area contributed by atoms with Crippen LogP contribution < -0.4 is 5.32 Å². The average Bonchev–Trinajstić information content (AvgIpc) is 2.80. The Morgan fingerprint density at radius 3 is 2.39 bits per heavy atom. The minimum absolute atomic E-state index is 0.0700. The summed E-state index contributed by atoms with van der Waals surface area (Å²) in [6.07, 6.45) is 0.755. The molecule has 126 valence electrons. The van der Waals surface area contributed by atoms with E-state index in [1.165, 1.54) is 24.3 Å². The molecule has 2 rings (SSSR count).